The van der Waals surface area contributed by atoms with E-state index in [-0.39, 0.29) is 17.2 Å². The van der Waals surface area contributed by atoms with E-state index in [9.17, 15) is 9.59 Å². The van der Waals surface area contributed by atoms with Crippen LogP contribution in [-0.2, 0) is 18.4 Å². The number of benzene rings is 2. The Kier molecular flexibility index (Phi) is 5.48. The first-order chi connectivity index (χ1) is 14.1. The summed E-state index contributed by atoms with van der Waals surface area (Å²) in [4.78, 5) is 32.7. The van der Waals surface area contributed by atoms with Crippen molar-refractivity contribution in [2.75, 3.05) is 5.75 Å². The van der Waals surface area contributed by atoms with Gasteiger partial charge in [-0.05, 0) is 11.1 Å². The number of fused-ring (bicyclic) bond motifs is 1. The standard InChI is InChI=1S/C22H20N4O2S/c1-26-21(28)20-19(17(13-24-20)16-10-6-3-7-11-16)25-22(26)29-14-18(27)23-12-15-8-4-2-5-9-15/h2-11,13,24H,12,14H2,1H3,(H,23,27). The molecule has 7 heteroatoms. The molecule has 6 nitrogen and oxygen atoms in total. The summed E-state index contributed by atoms with van der Waals surface area (Å²) in [6.07, 6.45) is 1.80. The molecule has 0 bridgehead atoms. The molecule has 0 spiro atoms. The molecule has 0 unspecified atom stereocenters. The average Bonchev–Trinajstić information content (AvgIpc) is 3.19. The Labute approximate surface area is 172 Å². The molecule has 1 amide bonds. The lowest BCUT2D eigenvalue weighted by molar-refractivity contribution is -0.118. The molecule has 4 aromatic rings. The molecule has 0 saturated carbocycles. The van der Waals surface area contributed by atoms with E-state index in [4.69, 9.17) is 0 Å². The van der Waals surface area contributed by atoms with Crippen LogP contribution in [-0.4, -0.2) is 26.2 Å². The summed E-state index contributed by atoms with van der Waals surface area (Å²) in [6, 6.07) is 19.5. The van der Waals surface area contributed by atoms with Gasteiger partial charge in [0.05, 0.1) is 5.75 Å². The van der Waals surface area contributed by atoms with E-state index in [1.807, 2.05) is 60.7 Å². The molecule has 2 N–H and O–H groups in total. The van der Waals surface area contributed by atoms with E-state index < -0.39 is 0 Å². The number of amides is 1. The van der Waals surface area contributed by atoms with Crippen LogP contribution >= 0.6 is 11.8 Å². The normalized spacial score (nSPS) is 10.9. The number of aromatic nitrogens is 3. The Hall–Kier alpha value is -3.32. The van der Waals surface area contributed by atoms with Crippen LogP contribution in [0.4, 0.5) is 0 Å². The summed E-state index contributed by atoms with van der Waals surface area (Å²) in [7, 11) is 1.67. The molecule has 0 radical (unpaired) electrons. The van der Waals surface area contributed by atoms with Crippen molar-refractivity contribution in [2.24, 2.45) is 7.05 Å². The number of carbonyl (C=O) groups is 1. The van der Waals surface area contributed by atoms with E-state index in [2.05, 4.69) is 15.3 Å². The second-order valence-corrected chi connectivity index (χ2v) is 7.54. The van der Waals surface area contributed by atoms with Gasteiger partial charge in [-0.25, -0.2) is 4.98 Å². The molecule has 2 aromatic carbocycles. The van der Waals surface area contributed by atoms with Crippen molar-refractivity contribution in [2.45, 2.75) is 11.7 Å². The zero-order valence-corrected chi connectivity index (χ0v) is 16.7. The quantitative estimate of drug-likeness (QED) is 0.382. The lowest BCUT2D eigenvalue weighted by atomic mass is 10.1. The maximum Gasteiger partial charge on any atom is 0.278 e. The number of thioether (sulfide) groups is 1. The topological polar surface area (TPSA) is 79.8 Å². The molecule has 4 rings (SSSR count). The monoisotopic (exact) mass is 404 g/mol. The van der Waals surface area contributed by atoms with E-state index in [1.54, 1.807) is 13.2 Å². The summed E-state index contributed by atoms with van der Waals surface area (Å²) in [5.41, 5.74) is 3.81. The number of H-pyrrole nitrogens is 1. The molecule has 2 aromatic heterocycles. The number of hydrogen-bond acceptors (Lipinski definition) is 4. The Morgan fingerprint density at radius 2 is 1.79 bits per heavy atom. The highest BCUT2D eigenvalue weighted by Crippen LogP contribution is 2.27. The van der Waals surface area contributed by atoms with Crippen LogP contribution in [0.3, 0.4) is 0 Å². The SMILES string of the molecule is Cn1c(SCC(=O)NCc2ccccc2)nc2c(-c3ccccc3)c[nH]c2c1=O. The maximum absolute atomic E-state index is 12.7. The largest absolute Gasteiger partial charge is 0.355 e. The fourth-order valence-electron chi connectivity index (χ4n) is 3.06. The van der Waals surface area contributed by atoms with E-state index in [0.29, 0.717) is 22.7 Å². The molecule has 0 fully saturated rings. The van der Waals surface area contributed by atoms with Gasteiger partial charge < -0.3 is 10.3 Å². The van der Waals surface area contributed by atoms with Crippen molar-refractivity contribution in [1.29, 1.82) is 0 Å². The van der Waals surface area contributed by atoms with Crippen molar-refractivity contribution in [3.05, 3.63) is 82.8 Å². The minimum atomic E-state index is -0.163. The van der Waals surface area contributed by atoms with Gasteiger partial charge >= 0.3 is 0 Å². The molecule has 0 saturated heterocycles. The van der Waals surface area contributed by atoms with E-state index >= 15 is 0 Å². The summed E-state index contributed by atoms with van der Waals surface area (Å²) in [6.45, 7) is 0.474. The Balaban J connectivity index is 1.53. The van der Waals surface area contributed by atoms with Gasteiger partial charge in [0, 0.05) is 25.4 Å². The number of hydrogen-bond donors (Lipinski definition) is 2. The third-order valence-corrected chi connectivity index (χ3v) is 5.65. The highest BCUT2D eigenvalue weighted by Gasteiger charge is 2.15. The molecule has 2 heterocycles. The lowest BCUT2D eigenvalue weighted by Gasteiger charge is -2.08. The van der Waals surface area contributed by atoms with Crippen LogP contribution in [0.5, 0.6) is 0 Å². The van der Waals surface area contributed by atoms with Crippen molar-refractivity contribution < 1.29 is 4.79 Å². The summed E-state index contributed by atoms with van der Waals surface area (Å²) in [5, 5.41) is 3.40. The highest BCUT2D eigenvalue weighted by molar-refractivity contribution is 7.99. The van der Waals surface area contributed by atoms with Crippen LogP contribution < -0.4 is 10.9 Å². The number of rotatable bonds is 6. The van der Waals surface area contributed by atoms with Gasteiger partial charge in [-0.3, -0.25) is 14.2 Å². The summed E-state index contributed by atoms with van der Waals surface area (Å²) >= 11 is 1.25. The van der Waals surface area contributed by atoms with Crippen LogP contribution in [0.1, 0.15) is 5.56 Å². The first-order valence-corrected chi connectivity index (χ1v) is 10.2. The van der Waals surface area contributed by atoms with Crippen LogP contribution in [0.15, 0.2) is 76.8 Å². The molecule has 0 aliphatic carbocycles. The number of nitrogens with one attached hydrogen (secondary N) is 2. The Morgan fingerprint density at radius 3 is 2.52 bits per heavy atom. The van der Waals surface area contributed by atoms with Crippen molar-refractivity contribution >= 4 is 28.7 Å². The third-order valence-electron chi connectivity index (χ3n) is 4.62. The zero-order chi connectivity index (χ0) is 20.2. The van der Waals surface area contributed by atoms with Gasteiger partial charge in [-0.15, -0.1) is 0 Å². The van der Waals surface area contributed by atoms with Crippen molar-refractivity contribution in [1.82, 2.24) is 19.9 Å². The molecule has 0 aliphatic rings. The van der Waals surface area contributed by atoms with Gasteiger partial charge in [0.2, 0.25) is 5.91 Å². The smallest absolute Gasteiger partial charge is 0.278 e. The predicted molar refractivity (Wildman–Crippen MR) is 116 cm³/mol. The second kappa shape index (κ2) is 8.36. The summed E-state index contributed by atoms with van der Waals surface area (Å²) in [5.74, 6) is 0.0783. The van der Waals surface area contributed by atoms with Gasteiger partial charge in [0.15, 0.2) is 5.16 Å². The molecule has 29 heavy (non-hydrogen) atoms. The zero-order valence-electron chi connectivity index (χ0n) is 15.9. The summed E-state index contributed by atoms with van der Waals surface area (Å²) < 4.78 is 1.47. The fraction of sp³-hybridized carbons (Fsp3) is 0.136. The van der Waals surface area contributed by atoms with Crippen LogP contribution in [0.25, 0.3) is 22.2 Å². The van der Waals surface area contributed by atoms with Gasteiger partial charge in [-0.1, -0.05) is 72.4 Å². The molecular weight excluding hydrogens is 384 g/mol. The highest BCUT2D eigenvalue weighted by atomic mass is 32.2. The minimum absolute atomic E-state index is 0.106. The van der Waals surface area contributed by atoms with Crippen molar-refractivity contribution in [3.63, 3.8) is 0 Å². The van der Waals surface area contributed by atoms with Crippen molar-refractivity contribution in [3.8, 4) is 11.1 Å². The maximum atomic E-state index is 12.7. The minimum Gasteiger partial charge on any atom is -0.355 e. The van der Waals surface area contributed by atoms with E-state index in [0.717, 1.165) is 16.7 Å². The van der Waals surface area contributed by atoms with Crippen LogP contribution in [0, 0.1) is 0 Å². The number of nitrogens with zero attached hydrogens (tertiary/aromatic N) is 2. The molecule has 146 valence electrons. The average molecular weight is 404 g/mol. The number of carbonyl (C=O) groups excluding carboxylic acids is 1. The van der Waals surface area contributed by atoms with E-state index in [1.165, 1.54) is 16.3 Å². The van der Waals surface area contributed by atoms with Crippen LogP contribution in [0.2, 0.25) is 0 Å². The second-order valence-electron chi connectivity index (χ2n) is 6.60. The lowest BCUT2D eigenvalue weighted by Crippen LogP contribution is -2.25. The number of aromatic amines is 1. The van der Waals surface area contributed by atoms with Gasteiger partial charge in [0.1, 0.15) is 11.0 Å². The molecule has 0 atom stereocenters. The third kappa shape index (κ3) is 4.09. The molecule has 0 aliphatic heterocycles. The fourth-order valence-corrected chi connectivity index (χ4v) is 3.86. The van der Waals surface area contributed by atoms with Gasteiger partial charge in [-0.2, -0.15) is 0 Å². The first kappa shape index (κ1) is 19.0. The first-order valence-electron chi connectivity index (χ1n) is 9.20. The Bertz CT molecular complexity index is 1200. The van der Waals surface area contributed by atoms with Gasteiger partial charge in [0.25, 0.3) is 5.56 Å². The Morgan fingerprint density at radius 1 is 1.10 bits per heavy atom. The predicted octanol–water partition coefficient (Wildman–Crippen LogP) is 3.34. The molecular formula is C22H20N4O2S.